The van der Waals surface area contributed by atoms with Gasteiger partial charge in [0, 0.05) is 40.3 Å². The molecule has 2 aromatic heterocycles. The topological polar surface area (TPSA) is 88.2 Å². The van der Waals surface area contributed by atoms with Crippen molar-refractivity contribution < 1.29 is 9.18 Å². The van der Waals surface area contributed by atoms with Crippen LogP contribution in [-0.4, -0.2) is 45.1 Å². The molecule has 186 valence electrons. The fraction of sp³-hybridized carbons (Fsp3) is 0.308. The summed E-state index contributed by atoms with van der Waals surface area (Å²) in [5, 5.41) is 1.46. The van der Waals surface area contributed by atoms with Crippen molar-refractivity contribution in [2.24, 2.45) is 0 Å². The summed E-state index contributed by atoms with van der Waals surface area (Å²) in [6.45, 7) is 7.05. The van der Waals surface area contributed by atoms with Crippen LogP contribution in [0.1, 0.15) is 36.6 Å². The molecule has 2 atom stereocenters. The summed E-state index contributed by atoms with van der Waals surface area (Å²) in [5.74, 6) is -0.493. The van der Waals surface area contributed by atoms with Gasteiger partial charge in [-0.15, -0.1) is 11.3 Å². The molecule has 7 nitrogen and oxygen atoms in total. The lowest BCUT2D eigenvalue weighted by atomic mass is 9.92. The molecule has 1 aromatic carbocycles. The largest absolute Gasteiger partial charge is 0.368 e. The lowest BCUT2D eigenvalue weighted by Gasteiger charge is -2.29. The average molecular weight is 525 g/mol. The maximum atomic E-state index is 16.3. The van der Waals surface area contributed by atoms with Gasteiger partial charge in [-0.25, -0.2) is 24.1 Å². The van der Waals surface area contributed by atoms with Crippen molar-refractivity contribution in [1.82, 2.24) is 19.9 Å². The average Bonchev–Trinajstić information content (AvgIpc) is 3.44. The first kappa shape index (κ1) is 24.4. The van der Waals surface area contributed by atoms with E-state index in [0.717, 1.165) is 15.6 Å². The fourth-order valence-electron chi connectivity index (χ4n) is 4.31. The molecule has 0 spiro atoms. The van der Waals surface area contributed by atoms with E-state index in [1.807, 2.05) is 12.2 Å². The molecule has 2 aliphatic rings. The maximum absolute atomic E-state index is 16.3. The summed E-state index contributed by atoms with van der Waals surface area (Å²) in [7, 11) is 0. The first-order valence-electron chi connectivity index (χ1n) is 11.6. The number of rotatable bonds is 4. The zero-order valence-corrected chi connectivity index (χ0v) is 21.7. The quantitative estimate of drug-likeness (QED) is 0.455. The predicted octanol–water partition coefficient (Wildman–Crippen LogP) is 5.95. The highest BCUT2D eigenvalue weighted by molar-refractivity contribution is 7.12. The molecule has 0 bridgehead atoms. The Labute approximate surface area is 218 Å². The van der Waals surface area contributed by atoms with Crippen LogP contribution in [0.2, 0.25) is 5.02 Å². The first-order valence-corrected chi connectivity index (χ1v) is 12.8. The van der Waals surface area contributed by atoms with Gasteiger partial charge in [0.15, 0.2) is 6.17 Å². The molecule has 10 heteroatoms. The number of nitrogens with two attached hydrogens (primary N) is 1. The number of nitrogen functional groups attached to an aromatic ring is 1. The number of thiazole rings is 1. The van der Waals surface area contributed by atoms with E-state index in [1.54, 1.807) is 47.5 Å². The van der Waals surface area contributed by atoms with Crippen molar-refractivity contribution >= 4 is 40.6 Å². The molecular weight excluding hydrogens is 499 g/mol. The van der Waals surface area contributed by atoms with E-state index in [1.165, 1.54) is 16.2 Å². The normalized spacial score (nSPS) is 20.2. The summed E-state index contributed by atoms with van der Waals surface area (Å²) in [6.07, 6.45) is 5.44. The van der Waals surface area contributed by atoms with Gasteiger partial charge in [-0.2, -0.15) is 0 Å². The lowest BCUT2D eigenvalue weighted by molar-refractivity contribution is 0.217. The third kappa shape index (κ3) is 4.49. The Morgan fingerprint density at radius 2 is 1.83 bits per heavy atom. The number of aromatic nitrogens is 3. The van der Waals surface area contributed by atoms with Gasteiger partial charge in [0.1, 0.15) is 5.69 Å². The van der Waals surface area contributed by atoms with E-state index < -0.39 is 12.1 Å². The number of urea groups is 1. The molecule has 1 fully saturated rings. The number of amides is 2. The number of allylic oxidation sites excluding steroid dienone is 4. The van der Waals surface area contributed by atoms with Crippen LogP contribution in [0.3, 0.4) is 0 Å². The van der Waals surface area contributed by atoms with Crippen molar-refractivity contribution in [3.8, 4) is 11.4 Å². The molecule has 3 heterocycles. The number of carbonyl (C=O) groups excluding carboxylic acids is 1. The summed E-state index contributed by atoms with van der Waals surface area (Å²) >= 11 is 7.46. The second-order valence-electron chi connectivity index (χ2n) is 9.75. The van der Waals surface area contributed by atoms with Crippen LogP contribution in [0.25, 0.3) is 11.4 Å². The van der Waals surface area contributed by atoms with Gasteiger partial charge >= 0.3 is 6.03 Å². The summed E-state index contributed by atoms with van der Waals surface area (Å²) in [4.78, 5) is 30.4. The Balaban J connectivity index is 1.47. The second-order valence-corrected chi connectivity index (χ2v) is 11.2. The molecule has 0 radical (unpaired) electrons. The van der Waals surface area contributed by atoms with Gasteiger partial charge in [0.25, 0.3) is 0 Å². The van der Waals surface area contributed by atoms with Gasteiger partial charge in [0.05, 0.1) is 22.3 Å². The molecule has 1 saturated heterocycles. The van der Waals surface area contributed by atoms with E-state index >= 15 is 4.39 Å². The monoisotopic (exact) mass is 524 g/mol. The molecule has 2 N–H and O–H groups in total. The minimum atomic E-state index is -1.43. The number of carbonyl (C=O) groups is 1. The van der Waals surface area contributed by atoms with Crippen molar-refractivity contribution in [3.63, 3.8) is 0 Å². The van der Waals surface area contributed by atoms with E-state index in [2.05, 4.69) is 30.7 Å². The van der Waals surface area contributed by atoms with E-state index in [4.69, 9.17) is 22.3 Å². The van der Waals surface area contributed by atoms with Crippen molar-refractivity contribution in [2.75, 3.05) is 23.7 Å². The van der Waals surface area contributed by atoms with Crippen LogP contribution in [-0.2, 0) is 5.41 Å². The third-order valence-electron chi connectivity index (χ3n) is 6.16. The number of halogens is 2. The lowest BCUT2D eigenvalue weighted by Crippen LogP contribution is -2.36. The molecule has 1 aliphatic carbocycles. The Bertz CT molecular complexity index is 1360. The highest BCUT2D eigenvalue weighted by atomic mass is 35.5. The van der Waals surface area contributed by atoms with Gasteiger partial charge in [-0.05, 0) is 36.4 Å². The number of anilines is 2. The predicted molar refractivity (Wildman–Crippen MR) is 142 cm³/mol. The van der Waals surface area contributed by atoms with Crippen LogP contribution in [0.4, 0.5) is 20.8 Å². The van der Waals surface area contributed by atoms with Crippen LogP contribution in [0.15, 0.2) is 60.5 Å². The van der Waals surface area contributed by atoms with Crippen LogP contribution in [0, 0.1) is 0 Å². The van der Waals surface area contributed by atoms with Crippen LogP contribution < -0.4 is 10.6 Å². The minimum Gasteiger partial charge on any atom is -0.368 e. The number of alkyl halides is 1. The summed E-state index contributed by atoms with van der Waals surface area (Å²) in [5.41, 5.74) is 7.80. The van der Waals surface area contributed by atoms with E-state index in [-0.39, 0.29) is 17.4 Å². The van der Waals surface area contributed by atoms with Gasteiger partial charge in [0.2, 0.25) is 5.95 Å². The zero-order valence-electron chi connectivity index (χ0n) is 20.2. The Morgan fingerprint density at radius 3 is 2.53 bits per heavy atom. The van der Waals surface area contributed by atoms with E-state index in [0.29, 0.717) is 35.2 Å². The molecule has 5 rings (SSSR count). The second kappa shape index (κ2) is 9.29. The van der Waals surface area contributed by atoms with Gasteiger partial charge in [-0.3, -0.25) is 9.80 Å². The van der Waals surface area contributed by atoms with Crippen molar-refractivity contribution in [3.05, 3.63) is 75.4 Å². The Kier molecular flexibility index (Phi) is 6.30. The molecule has 1 aliphatic heterocycles. The van der Waals surface area contributed by atoms with E-state index in [9.17, 15) is 4.79 Å². The smallest absolute Gasteiger partial charge is 0.328 e. The fourth-order valence-corrected chi connectivity index (χ4v) is 5.67. The third-order valence-corrected chi connectivity index (χ3v) is 7.99. The molecule has 0 saturated carbocycles. The summed E-state index contributed by atoms with van der Waals surface area (Å²) < 4.78 is 16.3. The number of benzene rings is 1. The summed E-state index contributed by atoms with van der Waals surface area (Å²) in [6, 6.07) is 8.53. The highest BCUT2D eigenvalue weighted by Gasteiger charge is 2.40. The molecule has 2 amide bonds. The Hall–Kier alpha value is -3.30. The minimum absolute atomic E-state index is 0.130. The van der Waals surface area contributed by atoms with Crippen LogP contribution >= 0.6 is 22.9 Å². The highest BCUT2D eigenvalue weighted by Crippen LogP contribution is 2.44. The molecular formula is C26H26ClFN6OS. The number of nitrogens with zero attached hydrogens (tertiary/aromatic N) is 5. The van der Waals surface area contributed by atoms with Gasteiger partial charge < -0.3 is 5.73 Å². The number of hydrogen-bond acceptors (Lipinski definition) is 6. The molecule has 3 aromatic rings. The first-order chi connectivity index (χ1) is 17.1. The van der Waals surface area contributed by atoms with Crippen molar-refractivity contribution in [2.45, 2.75) is 38.3 Å². The zero-order chi connectivity index (χ0) is 25.6. The molecule has 36 heavy (non-hydrogen) atoms. The molecule has 2 unspecified atom stereocenters. The Morgan fingerprint density at radius 1 is 1.11 bits per heavy atom. The maximum Gasteiger partial charge on any atom is 0.328 e. The van der Waals surface area contributed by atoms with Crippen LogP contribution in [0.5, 0.6) is 0 Å². The standard InChI is InChI=1S/C26H26ClFN6OS/c1-26(2,3)23-32-21(18-11-12-30-24(29)31-18)22(36-23)17-5-4-6-19(20(17)28)34-14-13-33(25(34)35)16-9-7-15(27)8-10-16/h4-12,17,20H,13-14H2,1-3H3,(H2,29,30,31). The van der Waals surface area contributed by atoms with Crippen molar-refractivity contribution in [1.29, 1.82) is 0 Å². The van der Waals surface area contributed by atoms with Gasteiger partial charge in [-0.1, -0.05) is 44.5 Å². The number of hydrogen-bond donors (Lipinski definition) is 1. The SMILES string of the molecule is CC(C)(C)c1nc(-c2ccnc(N)n2)c(C2C=CC=C(N3CCN(c4ccc(Cl)cc4)C3=O)C2F)s1.